The van der Waals surface area contributed by atoms with Crippen LogP contribution in [0.1, 0.15) is 19.3 Å². The third kappa shape index (κ3) is 3.34. The van der Waals surface area contributed by atoms with Crippen molar-refractivity contribution in [3.05, 3.63) is 40.9 Å². The summed E-state index contributed by atoms with van der Waals surface area (Å²) in [5.41, 5.74) is 1.00. The molecule has 2 nitrogen and oxygen atoms in total. The van der Waals surface area contributed by atoms with Crippen molar-refractivity contribution < 1.29 is 0 Å². The Balaban J connectivity index is 2.05. The van der Waals surface area contributed by atoms with Gasteiger partial charge in [-0.2, -0.15) is 5.26 Å². The first kappa shape index (κ1) is 12.2. The van der Waals surface area contributed by atoms with E-state index in [1.807, 2.05) is 24.3 Å². The van der Waals surface area contributed by atoms with Crippen molar-refractivity contribution in [1.29, 1.82) is 5.26 Å². The van der Waals surface area contributed by atoms with Crippen LogP contribution in [-0.2, 0) is 0 Å². The lowest BCUT2D eigenvalue weighted by Gasteiger charge is -2.24. The second-order valence-electron chi connectivity index (χ2n) is 4.31. The highest BCUT2D eigenvalue weighted by Gasteiger charge is 2.21. The van der Waals surface area contributed by atoms with Crippen molar-refractivity contribution in [3.63, 3.8) is 0 Å². The Morgan fingerprint density at radius 1 is 1.41 bits per heavy atom. The molecule has 1 aliphatic rings. The van der Waals surface area contributed by atoms with Gasteiger partial charge in [-0.3, -0.25) is 0 Å². The van der Waals surface area contributed by atoms with Gasteiger partial charge in [-0.15, -0.1) is 0 Å². The number of hydrogen-bond donors (Lipinski definition) is 1. The van der Waals surface area contributed by atoms with E-state index in [4.69, 9.17) is 0 Å². The fourth-order valence-electron chi connectivity index (χ4n) is 2.13. The van der Waals surface area contributed by atoms with Gasteiger partial charge in [0.05, 0.1) is 6.07 Å². The Morgan fingerprint density at radius 2 is 2.29 bits per heavy atom. The highest BCUT2D eigenvalue weighted by Crippen LogP contribution is 2.25. The molecule has 0 radical (unpaired) electrons. The monoisotopic (exact) mass is 290 g/mol. The van der Waals surface area contributed by atoms with Gasteiger partial charge in [0, 0.05) is 10.2 Å². The first-order chi connectivity index (χ1) is 8.29. The van der Waals surface area contributed by atoms with Gasteiger partial charge in [-0.25, -0.2) is 0 Å². The van der Waals surface area contributed by atoms with Crippen LogP contribution in [0.5, 0.6) is 0 Å². The van der Waals surface area contributed by atoms with Crippen molar-refractivity contribution in [2.75, 3.05) is 5.32 Å². The van der Waals surface area contributed by atoms with Crippen LogP contribution >= 0.6 is 15.9 Å². The standard InChI is InChI=1S/C14H15BrN2/c15-12-7-4-8-13(9-12)17-14(10-16)11-5-2-1-3-6-11/h1-2,4,7-9,11,14,17H,3,5-6H2. The lowest BCUT2D eigenvalue weighted by molar-refractivity contribution is 0.458. The summed E-state index contributed by atoms with van der Waals surface area (Å²) < 4.78 is 1.03. The molecule has 1 aliphatic carbocycles. The molecule has 1 N–H and O–H groups in total. The van der Waals surface area contributed by atoms with Gasteiger partial charge in [-0.05, 0) is 43.4 Å². The van der Waals surface area contributed by atoms with Gasteiger partial charge in [-0.1, -0.05) is 34.1 Å². The molecule has 2 atom stereocenters. The fraction of sp³-hybridized carbons (Fsp3) is 0.357. The van der Waals surface area contributed by atoms with Gasteiger partial charge >= 0.3 is 0 Å². The van der Waals surface area contributed by atoms with E-state index in [0.717, 1.165) is 29.4 Å². The fourth-order valence-corrected chi connectivity index (χ4v) is 2.53. The molecule has 1 aromatic rings. The van der Waals surface area contributed by atoms with Gasteiger partial charge in [0.1, 0.15) is 6.04 Å². The number of nitrogens with zero attached hydrogens (tertiary/aromatic N) is 1. The Labute approximate surface area is 110 Å². The molecule has 1 aromatic carbocycles. The molecule has 0 bridgehead atoms. The maximum Gasteiger partial charge on any atom is 0.117 e. The second-order valence-corrected chi connectivity index (χ2v) is 5.22. The highest BCUT2D eigenvalue weighted by molar-refractivity contribution is 9.10. The number of rotatable bonds is 3. The number of allylic oxidation sites excluding steroid dienone is 2. The third-order valence-electron chi connectivity index (χ3n) is 3.07. The van der Waals surface area contributed by atoms with E-state index in [-0.39, 0.29) is 6.04 Å². The minimum atomic E-state index is -0.103. The molecular weight excluding hydrogens is 276 g/mol. The Hall–Kier alpha value is -1.27. The molecule has 17 heavy (non-hydrogen) atoms. The maximum absolute atomic E-state index is 9.26. The molecule has 2 unspecified atom stereocenters. The number of halogens is 1. The van der Waals surface area contributed by atoms with Crippen LogP contribution in [0.4, 0.5) is 5.69 Å². The Morgan fingerprint density at radius 3 is 2.94 bits per heavy atom. The zero-order valence-corrected chi connectivity index (χ0v) is 11.2. The minimum absolute atomic E-state index is 0.103. The predicted molar refractivity (Wildman–Crippen MR) is 73.6 cm³/mol. The van der Waals surface area contributed by atoms with Crippen LogP contribution in [0.25, 0.3) is 0 Å². The molecule has 2 rings (SSSR count). The molecule has 0 heterocycles. The average molecular weight is 291 g/mol. The Kier molecular flexibility index (Phi) is 4.22. The number of hydrogen-bond acceptors (Lipinski definition) is 2. The highest BCUT2D eigenvalue weighted by atomic mass is 79.9. The van der Waals surface area contributed by atoms with Crippen molar-refractivity contribution >= 4 is 21.6 Å². The van der Waals surface area contributed by atoms with E-state index < -0.39 is 0 Å². The summed E-state index contributed by atoms with van der Waals surface area (Å²) in [4.78, 5) is 0. The number of nitrogens with one attached hydrogen (secondary N) is 1. The topological polar surface area (TPSA) is 35.8 Å². The van der Waals surface area contributed by atoms with Crippen LogP contribution in [0.15, 0.2) is 40.9 Å². The van der Waals surface area contributed by atoms with E-state index in [2.05, 4.69) is 39.5 Å². The molecule has 3 heteroatoms. The zero-order chi connectivity index (χ0) is 12.1. The normalized spacial score (nSPS) is 20.6. The SMILES string of the molecule is N#CC(Nc1cccc(Br)c1)C1CC=CCC1. The second kappa shape index (κ2) is 5.88. The molecule has 0 saturated carbocycles. The summed E-state index contributed by atoms with van der Waals surface area (Å²) >= 11 is 3.44. The molecule has 88 valence electrons. The molecule has 0 aromatic heterocycles. The van der Waals surface area contributed by atoms with Gasteiger partial charge in [0.25, 0.3) is 0 Å². The summed E-state index contributed by atoms with van der Waals surface area (Å²) in [5, 5.41) is 12.6. The van der Waals surface area contributed by atoms with Crippen molar-refractivity contribution in [1.82, 2.24) is 0 Å². The maximum atomic E-state index is 9.26. The molecule has 0 fully saturated rings. The lowest BCUT2D eigenvalue weighted by atomic mass is 9.88. The van der Waals surface area contributed by atoms with Crippen molar-refractivity contribution in [2.45, 2.75) is 25.3 Å². The molecular formula is C14H15BrN2. The van der Waals surface area contributed by atoms with E-state index in [1.165, 1.54) is 0 Å². The summed E-state index contributed by atoms with van der Waals surface area (Å²) in [5.74, 6) is 0.420. The molecule has 0 aliphatic heterocycles. The summed E-state index contributed by atoms with van der Waals surface area (Å²) in [6, 6.07) is 10.2. The smallest absolute Gasteiger partial charge is 0.117 e. The van der Waals surface area contributed by atoms with Crippen molar-refractivity contribution in [2.24, 2.45) is 5.92 Å². The lowest BCUT2D eigenvalue weighted by Crippen LogP contribution is -2.28. The average Bonchev–Trinajstić information content (AvgIpc) is 2.37. The summed E-state index contributed by atoms with van der Waals surface area (Å²) in [6.07, 6.45) is 7.56. The van der Waals surface area contributed by atoms with E-state index in [1.54, 1.807) is 0 Å². The molecule has 0 spiro atoms. The quantitative estimate of drug-likeness (QED) is 0.851. The predicted octanol–water partition coefficient (Wildman–Crippen LogP) is 4.11. The van der Waals surface area contributed by atoms with Gasteiger partial charge in [0.15, 0.2) is 0 Å². The van der Waals surface area contributed by atoms with E-state index in [9.17, 15) is 5.26 Å². The van der Waals surface area contributed by atoms with Crippen LogP contribution in [0.3, 0.4) is 0 Å². The van der Waals surface area contributed by atoms with Gasteiger partial charge < -0.3 is 5.32 Å². The first-order valence-electron chi connectivity index (χ1n) is 5.86. The van der Waals surface area contributed by atoms with Crippen molar-refractivity contribution in [3.8, 4) is 6.07 Å². The molecule has 0 saturated heterocycles. The van der Waals surface area contributed by atoms with Crippen LogP contribution in [-0.4, -0.2) is 6.04 Å². The van der Waals surface area contributed by atoms with Crippen LogP contribution in [0, 0.1) is 17.2 Å². The minimum Gasteiger partial charge on any atom is -0.370 e. The number of benzene rings is 1. The van der Waals surface area contributed by atoms with E-state index in [0.29, 0.717) is 5.92 Å². The largest absolute Gasteiger partial charge is 0.370 e. The summed E-state index contributed by atoms with van der Waals surface area (Å²) in [6.45, 7) is 0. The Bertz CT molecular complexity index is 448. The summed E-state index contributed by atoms with van der Waals surface area (Å²) in [7, 11) is 0. The van der Waals surface area contributed by atoms with Crippen LogP contribution < -0.4 is 5.32 Å². The van der Waals surface area contributed by atoms with E-state index >= 15 is 0 Å². The third-order valence-corrected chi connectivity index (χ3v) is 3.56. The number of anilines is 1. The zero-order valence-electron chi connectivity index (χ0n) is 9.57. The van der Waals surface area contributed by atoms with Gasteiger partial charge in [0.2, 0.25) is 0 Å². The number of nitriles is 1. The first-order valence-corrected chi connectivity index (χ1v) is 6.65. The molecule has 0 amide bonds. The van der Waals surface area contributed by atoms with Crippen LogP contribution in [0.2, 0.25) is 0 Å².